The third-order valence-electron chi connectivity index (χ3n) is 6.05. The average Bonchev–Trinajstić information content (AvgIpc) is 2.82. The standard InChI is InChI=1S/C26H34O5Si/c1-5-20-12-8-9-13-23(20)24-18-21-14-15-22(19-25(21)31-26(24)27)30-16-10-6-7-11-17-32(4,28-2)29-3/h8-9,12-15,18-19H,5-7,10-11,16-17H2,1-4H3. The number of fused-ring (bicyclic) bond motifs is 1. The highest BCUT2D eigenvalue weighted by atomic mass is 28.4. The lowest BCUT2D eigenvalue weighted by atomic mass is 9.99. The van der Waals surface area contributed by atoms with Gasteiger partial charge in [0.2, 0.25) is 0 Å². The van der Waals surface area contributed by atoms with Crippen molar-refractivity contribution in [1.82, 2.24) is 0 Å². The van der Waals surface area contributed by atoms with Crippen molar-refractivity contribution < 1.29 is 18.0 Å². The molecule has 3 aromatic rings. The number of rotatable bonds is 12. The molecule has 0 amide bonds. The molecule has 6 heteroatoms. The Labute approximate surface area is 191 Å². The molecule has 0 saturated carbocycles. The van der Waals surface area contributed by atoms with E-state index >= 15 is 0 Å². The van der Waals surface area contributed by atoms with Crippen LogP contribution in [0.1, 0.15) is 38.2 Å². The van der Waals surface area contributed by atoms with Crippen LogP contribution in [-0.4, -0.2) is 29.4 Å². The van der Waals surface area contributed by atoms with E-state index in [1.807, 2.05) is 42.5 Å². The van der Waals surface area contributed by atoms with Gasteiger partial charge in [-0.2, -0.15) is 0 Å². The lowest BCUT2D eigenvalue weighted by molar-refractivity contribution is 0.247. The van der Waals surface area contributed by atoms with Crippen molar-refractivity contribution in [2.24, 2.45) is 0 Å². The fraction of sp³-hybridized carbons (Fsp3) is 0.423. The molecule has 0 aliphatic carbocycles. The van der Waals surface area contributed by atoms with Crippen LogP contribution in [0.15, 0.2) is 57.7 Å². The van der Waals surface area contributed by atoms with Crippen LogP contribution in [0.3, 0.4) is 0 Å². The highest BCUT2D eigenvalue weighted by molar-refractivity contribution is 6.65. The zero-order valence-corrected chi connectivity index (χ0v) is 20.6. The summed E-state index contributed by atoms with van der Waals surface area (Å²) in [6, 6.07) is 16.6. The van der Waals surface area contributed by atoms with Gasteiger partial charge < -0.3 is 18.0 Å². The van der Waals surface area contributed by atoms with Gasteiger partial charge in [-0.05, 0) is 54.8 Å². The van der Waals surface area contributed by atoms with Crippen molar-refractivity contribution in [2.45, 2.75) is 51.6 Å². The molecule has 0 N–H and O–H groups in total. The number of unbranched alkanes of at least 4 members (excludes halogenated alkanes) is 3. The van der Waals surface area contributed by atoms with Gasteiger partial charge in [0, 0.05) is 25.7 Å². The van der Waals surface area contributed by atoms with Crippen LogP contribution >= 0.6 is 0 Å². The highest BCUT2D eigenvalue weighted by Gasteiger charge is 2.27. The Kier molecular flexibility index (Phi) is 8.67. The Hall–Kier alpha value is -2.41. The first kappa shape index (κ1) is 24.2. The van der Waals surface area contributed by atoms with Crippen LogP contribution in [0.4, 0.5) is 0 Å². The van der Waals surface area contributed by atoms with Crippen molar-refractivity contribution in [3.63, 3.8) is 0 Å². The normalized spacial score (nSPS) is 11.8. The quantitative estimate of drug-likeness (QED) is 0.182. The van der Waals surface area contributed by atoms with E-state index in [4.69, 9.17) is 18.0 Å². The van der Waals surface area contributed by atoms with Crippen molar-refractivity contribution in [1.29, 1.82) is 0 Å². The first-order chi connectivity index (χ1) is 15.5. The third-order valence-corrected chi connectivity index (χ3v) is 9.04. The number of aryl methyl sites for hydroxylation is 1. The van der Waals surface area contributed by atoms with Gasteiger partial charge in [-0.1, -0.05) is 50.5 Å². The molecule has 172 valence electrons. The van der Waals surface area contributed by atoms with E-state index in [0.717, 1.165) is 60.4 Å². The first-order valence-electron chi connectivity index (χ1n) is 11.4. The topological polar surface area (TPSA) is 57.9 Å². The minimum absolute atomic E-state index is 0.321. The molecule has 0 saturated heterocycles. The SMILES string of the molecule is CCc1ccccc1-c1cc2ccc(OCCCCCC[Si](C)(OC)OC)cc2oc1=O. The van der Waals surface area contributed by atoms with Gasteiger partial charge in [-0.3, -0.25) is 0 Å². The maximum absolute atomic E-state index is 12.7. The largest absolute Gasteiger partial charge is 0.493 e. The highest BCUT2D eigenvalue weighted by Crippen LogP contribution is 2.27. The van der Waals surface area contributed by atoms with E-state index in [-0.39, 0.29) is 5.63 Å². The summed E-state index contributed by atoms with van der Waals surface area (Å²) in [5.41, 5.74) is 2.90. The Morgan fingerprint density at radius 2 is 1.66 bits per heavy atom. The minimum atomic E-state index is -1.95. The van der Waals surface area contributed by atoms with Crippen LogP contribution < -0.4 is 10.4 Å². The molecule has 5 nitrogen and oxygen atoms in total. The fourth-order valence-corrected chi connectivity index (χ4v) is 5.31. The molecule has 3 rings (SSSR count). The Balaban J connectivity index is 1.57. The van der Waals surface area contributed by atoms with Crippen LogP contribution in [0.5, 0.6) is 5.75 Å². The zero-order chi connectivity index (χ0) is 23.0. The molecule has 0 aliphatic heterocycles. The summed E-state index contributed by atoms with van der Waals surface area (Å²) in [6.45, 7) is 4.82. The maximum Gasteiger partial charge on any atom is 0.344 e. The van der Waals surface area contributed by atoms with Gasteiger partial charge >= 0.3 is 14.2 Å². The van der Waals surface area contributed by atoms with Crippen LogP contribution in [0, 0.1) is 0 Å². The predicted octanol–water partition coefficient (Wildman–Crippen LogP) is 6.33. The monoisotopic (exact) mass is 454 g/mol. The first-order valence-corrected chi connectivity index (χ1v) is 13.9. The lowest BCUT2D eigenvalue weighted by Crippen LogP contribution is -2.35. The Morgan fingerprint density at radius 1 is 0.906 bits per heavy atom. The maximum atomic E-state index is 12.7. The van der Waals surface area contributed by atoms with Gasteiger partial charge in [-0.25, -0.2) is 4.79 Å². The summed E-state index contributed by atoms with van der Waals surface area (Å²) < 4.78 is 22.6. The Bertz CT molecular complexity index is 1070. The molecule has 0 spiro atoms. The van der Waals surface area contributed by atoms with Crippen LogP contribution in [-0.2, 0) is 15.3 Å². The summed E-state index contributed by atoms with van der Waals surface area (Å²) in [5, 5.41) is 0.890. The third kappa shape index (κ3) is 6.09. The molecule has 0 radical (unpaired) electrons. The average molecular weight is 455 g/mol. The van der Waals surface area contributed by atoms with Crippen molar-refractivity contribution in [2.75, 3.05) is 20.8 Å². The summed E-state index contributed by atoms with van der Waals surface area (Å²) in [6.07, 6.45) is 5.18. The van der Waals surface area contributed by atoms with Crippen LogP contribution in [0.2, 0.25) is 12.6 Å². The van der Waals surface area contributed by atoms with Crippen molar-refractivity contribution in [3.05, 3.63) is 64.5 Å². The summed E-state index contributed by atoms with van der Waals surface area (Å²) in [5.74, 6) is 0.723. The molecule has 0 fully saturated rings. The zero-order valence-electron chi connectivity index (χ0n) is 19.6. The number of hydrogen-bond donors (Lipinski definition) is 0. The molecule has 1 aromatic heterocycles. The Morgan fingerprint density at radius 3 is 2.41 bits per heavy atom. The summed E-state index contributed by atoms with van der Waals surface area (Å²) in [4.78, 5) is 12.7. The molecule has 0 aliphatic rings. The molecule has 1 heterocycles. The predicted molar refractivity (Wildman–Crippen MR) is 132 cm³/mol. The van der Waals surface area contributed by atoms with Gasteiger partial charge in [0.15, 0.2) is 0 Å². The van der Waals surface area contributed by atoms with Gasteiger partial charge in [0.25, 0.3) is 0 Å². The number of benzene rings is 2. The second-order valence-corrected chi connectivity index (χ2v) is 11.8. The van der Waals surface area contributed by atoms with E-state index in [1.54, 1.807) is 20.3 Å². The molecule has 0 unspecified atom stereocenters. The van der Waals surface area contributed by atoms with Gasteiger partial charge in [0.1, 0.15) is 11.3 Å². The van der Waals surface area contributed by atoms with Crippen LogP contribution in [0.25, 0.3) is 22.1 Å². The minimum Gasteiger partial charge on any atom is -0.493 e. The van der Waals surface area contributed by atoms with E-state index in [2.05, 4.69) is 13.5 Å². The molecule has 2 aromatic carbocycles. The second kappa shape index (κ2) is 11.5. The molecule has 0 atom stereocenters. The van der Waals surface area contributed by atoms with E-state index in [1.165, 1.54) is 0 Å². The van der Waals surface area contributed by atoms with E-state index in [9.17, 15) is 4.79 Å². The smallest absolute Gasteiger partial charge is 0.344 e. The van der Waals surface area contributed by atoms with Crippen molar-refractivity contribution >= 4 is 19.5 Å². The number of hydrogen-bond acceptors (Lipinski definition) is 5. The van der Waals surface area contributed by atoms with Gasteiger partial charge in [-0.15, -0.1) is 0 Å². The molecule has 32 heavy (non-hydrogen) atoms. The second-order valence-electron chi connectivity index (χ2n) is 8.21. The van der Waals surface area contributed by atoms with E-state index < -0.39 is 8.56 Å². The van der Waals surface area contributed by atoms with Crippen molar-refractivity contribution in [3.8, 4) is 16.9 Å². The number of ether oxygens (including phenoxy) is 1. The fourth-order valence-electron chi connectivity index (χ4n) is 3.84. The summed E-state index contributed by atoms with van der Waals surface area (Å²) >= 11 is 0. The molecular weight excluding hydrogens is 420 g/mol. The summed E-state index contributed by atoms with van der Waals surface area (Å²) in [7, 11) is 1.52. The lowest BCUT2D eigenvalue weighted by Gasteiger charge is -2.22. The van der Waals surface area contributed by atoms with E-state index in [0.29, 0.717) is 17.8 Å². The van der Waals surface area contributed by atoms with Gasteiger partial charge in [0.05, 0.1) is 12.2 Å². The molecule has 0 bridgehead atoms. The molecular formula is C26H34O5Si.